The van der Waals surface area contributed by atoms with Crippen molar-refractivity contribution in [3.05, 3.63) is 59.9 Å². The molecule has 1 aromatic heterocycles. The third-order valence-electron chi connectivity index (χ3n) is 3.37. The van der Waals surface area contributed by atoms with E-state index in [0.717, 1.165) is 18.5 Å². The van der Waals surface area contributed by atoms with Crippen LogP contribution in [0.5, 0.6) is 0 Å². The molecule has 4 heteroatoms. The smallest absolute Gasteiger partial charge is 0.0936 e. The van der Waals surface area contributed by atoms with E-state index in [1.54, 1.807) is 12.4 Å². The summed E-state index contributed by atoms with van der Waals surface area (Å²) in [6.45, 7) is 1.45. The van der Waals surface area contributed by atoms with Crippen LogP contribution >= 0.6 is 0 Å². The molecule has 2 aromatic rings. The Hall–Kier alpha value is -1.91. The molecular weight excluding hydrogens is 250 g/mol. The van der Waals surface area contributed by atoms with Crippen molar-refractivity contribution < 1.29 is 5.11 Å². The van der Waals surface area contributed by atoms with Crippen molar-refractivity contribution >= 4 is 5.69 Å². The molecule has 2 rings (SSSR count). The summed E-state index contributed by atoms with van der Waals surface area (Å²) >= 11 is 0. The number of hydrogen-bond donors (Lipinski definition) is 2. The molecule has 0 bridgehead atoms. The van der Waals surface area contributed by atoms with Crippen LogP contribution in [0.1, 0.15) is 17.2 Å². The highest BCUT2D eigenvalue weighted by Crippen LogP contribution is 2.20. The Morgan fingerprint density at radius 2 is 1.90 bits per heavy atom. The van der Waals surface area contributed by atoms with Crippen molar-refractivity contribution in [3.63, 3.8) is 0 Å². The Kier molecular flexibility index (Phi) is 5.09. The van der Waals surface area contributed by atoms with E-state index >= 15 is 0 Å². The standard InChI is InChI=1S/C16H21N3O/c1-19(11-8-13-6-9-18-10-7-13)12-16(20)14-4-2-3-5-15(14)17/h2-7,9-10,16,20H,8,11-12,17H2,1H3. The fourth-order valence-corrected chi connectivity index (χ4v) is 2.17. The van der Waals surface area contributed by atoms with E-state index in [9.17, 15) is 5.11 Å². The zero-order valence-electron chi connectivity index (χ0n) is 11.7. The van der Waals surface area contributed by atoms with Crippen molar-refractivity contribution in [2.75, 3.05) is 25.9 Å². The summed E-state index contributed by atoms with van der Waals surface area (Å²) in [5, 5.41) is 10.2. The molecule has 1 aromatic carbocycles. The Balaban J connectivity index is 1.85. The monoisotopic (exact) mass is 271 g/mol. The summed E-state index contributed by atoms with van der Waals surface area (Å²) in [6, 6.07) is 11.5. The quantitative estimate of drug-likeness (QED) is 0.787. The van der Waals surface area contributed by atoms with E-state index in [-0.39, 0.29) is 0 Å². The van der Waals surface area contributed by atoms with Gasteiger partial charge in [0.2, 0.25) is 0 Å². The Morgan fingerprint density at radius 1 is 1.20 bits per heavy atom. The van der Waals surface area contributed by atoms with Crippen LogP contribution in [0.3, 0.4) is 0 Å². The lowest BCUT2D eigenvalue weighted by Crippen LogP contribution is -2.27. The first-order valence-electron chi connectivity index (χ1n) is 6.76. The molecular formula is C16H21N3O. The number of benzene rings is 1. The number of hydrogen-bond acceptors (Lipinski definition) is 4. The number of anilines is 1. The maximum Gasteiger partial charge on any atom is 0.0936 e. The molecule has 0 saturated carbocycles. The highest BCUT2D eigenvalue weighted by Gasteiger charge is 2.12. The lowest BCUT2D eigenvalue weighted by molar-refractivity contribution is 0.128. The number of likely N-dealkylation sites (N-methyl/N-ethyl adjacent to an activating group) is 1. The topological polar surface area (TPSA) is 62.4 Å². The van der Waals surface area contributed by atoms with Crippen LogP contribution in [0.25, 0.3) is 0 Å². The van der Waals surface area contributed by atoms with Crippen LogP contribution in [0, 0.1) is 0 Å². The Labute approximate surface area is 119 Å². The van der Waals surface area contributed by atoms with E-state index < -0.39 is 6.10 Å². The number of para-hydroxylation sites is 1. The van der Waals surface area contributed by atoms with Crippen LogP contribution in [0.4, 0.5) is 5.69 Å². The minimum atomic E-state index is -0.557. The number of aromatic nitrogens is 1. The summed E-state index contributed by atoms with van der Waals surface area (Å²) in [6.07, 6.45) is 3.98. The van der Waals surface area contributed by atoms with Gasteiger partial charge < -0.3 is 15.7 Å². The Morgan fingerprint density at radius 3 is 2.60 bits per heavy atom. The minimum absolute atomic E-state index is 0.557. The highest BCUT2D eigenvalue weighted by atomic mass is 16.3. The number of pyridine rings is 1. The molecule has 0 saturated heterocycles. The molecule has 1 heterocycles. The molecule has 0 amide bonds. The average molecular weight is 271 g/mol. The van der Waals surface area contributed by atoms with Crippen molar-refractivity contribution in [2.24, 2.45) is 0 Å². The van der Waals surface area contributed by atoms with E-state index in [1.165, 1.54) is 5.56 Å². The zero-order valence-corrected chi connectivity index (χ0v) is 11.7. The van der Waals surface area contributed by atoms with Crippen LogP contribution in [-0.4, -0.2) is 35.1 Å². The van der Waals surface area contributed by atoms with Gasteiger partial charge in [0.1, 0.15) is 0 Å². The van der Waals surface area contributed by atoms with Gasteiger partial charge in [-0.05, 0) is 37.2 Å². The number of nitrogen functional groups attached to an aromatic ring is 1. The lowest BCUT2D eigenvalue weighted by Gasteiger charge is -2.21. The first-order chi connectivity index (χ1) is 9.66. The molecule has 4 nitrogen and oxygen atoms in total. The highest BCUT2D eigenvalue weighted by molar-refractivity contribution is 5.47. The van der Waals surface area contributed by atoms with E-state index in [4.69, 9.17) is 5.73 Å². The molecule has 0 fully saturated rings. The van der Waals surface area contributed by atoms with Crippen LogP contribution in [0.15, 0.2) is 48.8 Å². The van der Waals surface area contributed by atoms with Crippen molar-refractivity contribution in [1.29, 1.82) is 0 Å². The van der Waals surface area contributed by atoms with Crippen LogP contribution in [0.2, 0.25) is 0 Å². The molecule has 0 aliphatic heterocycles. The first-order valence-corrected chi connectivity index (χ1v) is 6.76. The van der Waals surface area contributed by atoms with Gasteiger partial charge in [-0.25, -0.2) is 0 Å². The summed E-state index contributed by atoms with van der Waals surface area (Å²) < 4.78 is 0. The van der Waals surface area contributed by atoms with E-state index in [1.807, 2.05) is 43.4 Å². The van der Waals surface area contributed by atoms with Gasteiger partial charge in [0.15, 0.2) is 0 Å². The molecule has 1 unspecified atom stereocenters. The predicted molar refractivity (Wildman–Crippen MR) is 81.3 cm³/mol. The number of aliphatic hydroxyl groups is 1. The summed E-state index contributed by atoms with van der Waals surface area (Å²) in [4.78, 5) is 6.11. The lowest BCUT2D eigenvalue weighted by atomic mass is 10.1. The second-order valence-corrected chi connectivity index (χ2v) is 5.01. The number of nitrogens with two attached hydrogens (primary N) is 1. The fraction of sp³-hybridized carbons (Fsp3) is 0.312. The summed E-state index contributed by atoms with van der Waals surface area (Å²) in [5.74, 6) is 0. The third-order valence-corrected chi connectivity index (χ3v) is 3.37. The molecule has 0 spiro atoms. The van der Waals surface area contributed by atoms with Gasteiger partial charge in [0.25, 0.3) is 0 Å². The number of rotatable bonds is 6. The average Bonchev–Trinajstić information content (AvgIpc) is 2.46. The van der Waals surface area contributed by atoms with Crippen molar-refractivity contribution in [1.82, 2.24) is 9.88 Å². The molecule has 0 radical (unpaired) electrons. The molecule has 20 heavy (non-hydrogen) atoms. The van der Waals surface area contributed by atoms with Gasteiger partial charge in [-0.15, -0.1) is 0 Å². The molecule has 3 N–H and O–H groups in total. The summed E-state index contributed by atoms with van der Waals surface area (Å²) in [5.41, 5.74) is 8.56. The molecule has 0 aliphatic carbocycles. The van der Waals surface area contributed by atoms with Gasteiger partial charge in [-0.2, -0.15) is 0 Å². The molecule has 106 valence electrons. The fourth-order valence-electron chi connectivity index (χ4n) is 2.17. The minimum Gasteiger partial charge on any atom is -0.398 e. The van der Waals surface area contributed by atoms with Gasteiger partial charge in [0.05, 0.1) is 6.10 Å². The van der Waals surface area contributed by atoms with Gasteiger partial charge in [-0.1, -0.05) is 18.2 Å². The molecule has 0 aliphatic rings. The number of aliphatic hydroxyl groups excluding tert-OH is 1. The number of nitrogens with zero attached hydrogens (tertiary/aromatic N) is 2. The van der Waals surface area contributed by atoms with Gasteiger partial charge in [0, 0.05) is 36.7 Å². The van der Waals surface area contributed by atoms with Crippen LogP contribution < -0.4 is 5.73 Å². The second-order valence-electron chi connectivity index (χ2n) is 5.01. The van der Waals surface area contributed by atoms with Crippen LogP contribution in [-0.2, 0) is 6.42 Å². The SMILES string of the molecule is CN(CCc1ccncc1)CC(O)c1ccccc1N. The summed E-state index contributed by atoms with van der Waals surface area (Å²) in [7, 11) is 2.00. The Bertz CT molecular complexity index is 530. The predicted octanol–water partition coefficient (Wildman–Crippen LogP) is 1.87. The maximum absolute atomic E-state index is 10.2. The van der Waals surface area contributed by atoms with Crippen molar-refractivity contribution in [3.8, 4) is 0 Å². The van der Waals surface area contributed by atoms with E-state index in [2.05, 4.69) is 9.88 Å². The van der Waals surface area contributed by atoms with Gasteiger partial charge >= 0.3 is 0 Å². The zero-order chi connectivity index (χ0) is 14.4. The second kappa shape index (κ2) is 7.03. The van der Waals surface area contributed by atoms with Gasteiger partial charge in [-0.3, -0.25) is 4.98 Å². The van der Waals surface area contributed by atoms with E-state index in [0.29, 0.717) is 12.2 Å². The first kappa shape index (κ1) is 14.5. The molecule has 1 atom stereocenters. The largest absolute Gasteiger partial charge is 0.398 e. The van der Waals surface area contributed by atoms with Crippen molar-refractivity contribution in [2.45, 2.75) is 12.5 Å². The maximum atomic E-state index is 10.2. The third kappa shape index (κ3) is 4.05. The normalized spacial score (nSPS) is 12.6.